The second-order valence-electron chi connectivity index (χ2n) is 6.40. The summed E-state index contributed by atoms with van der Waals surface area (Å²) in [6, 6.07) is 0.614. The molecule has 2 aliphatic rings. The third kappa shape index (κ3) is 3.83. The van der Waals surface area contributed by atoms with E-state index in [4.69, 9.17) is 4.74 Å². The topological polar surface area (TPSA) is 52.0 Å². The van der Waals surface area contributed by atoms with E-state index in [0.29, 0.717) is 12.1 Å². The summed E-state index contributed by atoms with van der Waals surface area (Å²) in [6.45, 7) is 5.03. The van der Waals surface area contributed by atoms with Crippen LogP contribution in [0.1, 0.15) is 62.6 Å². The Morgan fingerprint density at radius 3 is 2.62 bits per heavy atom. The summed E-state index contributed by atoms with van der Waals surface area (Å²) in [5.74, 6) is 2.19. The van der Waals surface area contributed by atoms with E-state index >= 15 is 0 Å². The van der Waals surface area contributed by atoms with Crippen molar-refractivity contribution >= 4 is 0 Å². The van der Waals surface area contributed by atoms with Gasteiger partial charge in [0.1, 0.15) is 11.6 Å². The highest BCUT2D eigenvalue weighted by Crippen LogP contribution is 2.29. The number of nitrogens with zero attached hydrogens (tertiary/aromatic N) is 3. The highest BCUT2D eigenvalue weighted by Gasteiger charge is 2.21. The number of ether oxygens (including phenoxy) is 1. The molecule has 1 saturated carbocycles. The van der Waals surface area contributed by atoms with Crippen LogP contribution >= 0.6 is 0 Å². The fourth-order valence-electron chi connectivity index (χ4n) is 3.68. The van der Waals surface area contributed by atoms with E-state index in [-0.39, 0.29) is 0 Å². The van der Waals surface area contributed by atoms with Crippen LogP contribution in [0.15, 0.2) is 0 Å². The smallest absolute Gasteiger partial charge is 0.135 e. The van der Waals surface area contributed by atoms with Crippen molar-refractivity contribution in [2.45, 2.75) is 70.4 Å². The number of hydrogen-bond acceptors (Lipinski definition) is 4. The lowest BCUT2D eigenvalue weighted by Crippen LogP contribution is -2.33. The quantitative estimate of drug-likeness (QED) is 0.905. The summed E-state index contributed by atoms with van der Waals surface area (Å²) < 4.78 is 8.40. The zero-order valence-electron chi connectivity index (χ0n) is 13.2. The Morgan fingerprint density at radius 1 is 1.10 bits per heavy atom. The first-order valence-corrected chi connectivity index (χ1v) is 8.57. The van der Waals surface area contributed by atoms with Crippen LogP contribution in [0.25, 0.3) is 0 Å². The van der Waals surface area contributed by atoms with Crippen LogP contribution in [-0.2, 0) is 11.2 Å². The van der Waals surface area contributed by atoms with E-state index in [1.807, 2.05) is 0 Å². The van der Waals surface area contributed by atoms with Gasteiger partial charge in [-0.05, 0) is 45.7 Å². The fraction of sp³-hybridized carbons (Fsp3) is 0.875. The molecule has 0 amide bonds. The predicted molar refractivity (Wildman–Crippen MR) is 82.4 cm³/mol. The third-order valence-corrected chi connectivity index (χ3v) is 4.84. The van der Waals surface area contributed by atoms with E-state index in [1.165, 1.54) is 32.1 Å². The summed E-state index contributed by atoms with van der Waals surface area (Å²) in [5.41, 5.74) is 0. The monoisotopic (exact) mass is 292 g/mol. The number of hydrogen-bond donors (Lipinski definition) is 1. The minimum absolute atomic E-state index is 0.429. The zero-order chi connectivity index (χ0) is 14.5. The molecule has 2 heterocycles. The molecule has 1 aromatic rings. The molecule has 1 saturated heterocycles. The molecule has 0 spiro atoms. The molecule has 0 unspecified atom stereocenters. The SMILES string of the molecule is Cc1nnc(CCOC2CCNCC2)n1C1CCCCC1. The van der Waals surface area contributed by atoms with Crippen molar-refractivity contribution in [2.75, 3.05) is 19.7 Å². The predicted octanol–water partition coefficient (Wildman–Crippen LogP) is 2.40. The summed E-state index contributed by atoms with van der Waals surface area (Å²) in [5, 5.41) is 12.1. The highest BCUT2D eigenvalue weighted by molar-refractivity contribution is 4.98. The zero-order valence-corrected chi connectivity index (χ0v) is 13.2. The Hall–Kier alpha value is -0.940. The molecule has 21 heavy (non-hydrogen) atoms. The van der Waals surface area contributed by atoms with Gasteiger partial charge in [-0.1, -0.05) is 19.3 Å². The van der Waals surface area contributed by atoms with Gasteiger partial charge in [0.2, 0.25) is 0 Å². The van der Waals surface area contributed by atoms with Gasteiger partial charge in [0.15, 0.2) is 0 Å². The molecule has 5 nitrogen and oxygen atoms in total. The molecule has 1 aromatic heterocycles. The molecule has 5 heteroatoms. The summed E-state index contributed by atoms with van der Waals surface area (Å²) in [6.07, 6.45) is 10.2. The van der Waals surface area contributed by atoms with Crippen molar-refractivity contribution in [1.82, 2.24) is 20.1 Å². The second-order valence-corrected chi connectivity index (χ2v) is 6.40. The Balaban J connectivity index is 1.55. The van der Waals surface area contributed by atoms with Gasteiger partial charge in [-0.25, -0.2) is 0 Å². The van der Waals surface area contributed by atoms with Crippen LogP contribution in [0, 0.1) is 6.92 Å². The number of aromatic nitrogens is 3. The van der Waals surface area contributed by atoms with Crippen LogP contribution in [0.2, 0.25) is 0 Å². The summed E-state index contributed by atoms with van der Waals surface area (Å²) >= 11 is 0. The van der Waals surface area contributed by atoms with Crippen LogP contribution in [0.3, 0.4) is 0 Å². The molecule has 2 fully saturated rings. The molecule has 1 aliphatic carbocycles. The van der Waals surface area contributed by atoms with Gasteiger partial charge in [0.05, 0.1) is 12.7 Å². The molecule has 3 rings (SSSR count). The minimum atomic E-state index is 0.429. The normalized spacial score (nSPS) is 21.8. The van der Waals surface area contributed by atoms with Crippen molar-refractivity contribution in [3.63, 3.8) is 0 Å². The third-order valence-electron chi connectivity index (χ3n) is 4.84. The molecule has 0 bridgehead atoms. The molecule has 0 atom stereocenters. The maximum absolute atomic E-state index is 6.02. The average Bonchev–Trinajstić information content (AvgIpc) is 2.90. The Morgan fingerprint density at radius 2 is 1.86 bits per heavy atom. The second kappa shape index (κ2) is 7.36. The number of rotatable bonds is 5. The molecule has 118 valence electrons. The number of piperidine rings is 1. The van der Waals surface area contributed by atoms with Gasteiger partial charge in [0.25, 0.3) is 0 Å². The fourth-order valence-corrected chi connectivity index (χ4v) is 3.68. The van der Waals surface area contributed by atoms with E-state index in [0.717, 1.165) is 50.6 Å². The van der Waals surface area contributed by atoms with Gasteiger partial charge in [-0.15, -0.1) is 10.2 Å². The van der Waals surface area contributed by atoms with Gasteiger partial charge >= 0.3 is 0 Å². The van der Waals surface area contributed by atoms with Gasteiger partial charge in [0, 0.05) is 12.5 Å². The minimum Gasteiger partial charge on any atom is -0.378 e. The maximum Gasteiger partial charge on any atom is 0.135 e. The van der Waals surface area contributed by atoms with Crippen molar-refractivity contribution in [1.29, 1.82) is 0 Å². The molecule has 0 aromatic carbocycles. The molecule has 1 aliphatic heterocycles. The van der Waals surface area contributed by atoms with Crippen LogP contribution in [0.4, 0.5) is 0 Å². The van der Waals surface area contributed by atoms with Crippen molar-refractivity contribution < 1.29 is 4.74 Å². The average molecular weight is 292 g/mol. The lowest BCUT2D eigenvalue weighted by Gasteiger charge is -2.26. The Kier molecular flexibility index (Phi) is 5.25. The molecular weight excluding hydrogens is 264 g/mol. The first-order valence-electron chi connectivity index (χ1n) is 8.57. The Labute approximate surface area is 127 Å². The van der Waals surface area contributed by atoms with Gasteiger partial charge < -0.3 is 14.6 Å². The van der Waals surface area contributed by atoms with E-state index < -0.39 is 0 Å². The van der Waals surface area contributed by atoms with E-state index in [2.05, 4.69) is 27.0 Å². The van der Waals surface area contributed by atoms with Crippen molar-refractivity contribution in [2.24, 2.45) is 0 Å². The summed E-state index contributed by atoms with van der Waals surface area (Å²) in [7, 11) is 0. The van der Waals surface area contributed by atoms with Gasteiger partial charge in [-0.3, -0.25) is 0 Å². The summed E-state index contributed by atoms with van der Waals surface area (Å²) in [4.78, 5) is 0. The lowest BCUT2D eigenvalue weighted by molar-refractivity contribution is 0.0337. The highest BCUT2D eigenvalue weighted by atomic mass is 16.5. The standard InChI is InChI=1S/C16H28N4O/c1-13-18-19-16(20(13)14-5-3-2-4-6-14)9-12-21-15-7-10-17-11-8-15/h14-15,17H,2-12H2,1H3. The van der Waals surface area contributed by atoms with Crippen molar-refractivity contribution in [3.05, 3.63) is 11.6 Å². The van der Waals surface area contributed by atoms with Gasteiger partial charge in [-0.2, -0.15) is 0 Å². The van der Waals surface area contributed by atoms with E-state index in [1.54, 1.807) is 0 Å². The molecular formula is C16H28N4O. The van der Waals surface area contributed by atoms with Crippen LogP contribution < -0.4 is 5.32 Å². The molecule has 0 radical (unpaired) electrons. The molecule has 1 N–H and O–H groups in total. The first-order chi connectivity index (χ1) is 10.3. The van der Waals surface area contributed by atoms with Crippen LogP contribution in [0.5, 0.6) is 0 Å². The first kappa shape index (κ1) is 15.0. The largest absolute Gasteiger partial charge is 0.378 e. The van der Waals surface area contributed by atoms with E-state index in [9.17, 15) is 0 Å². The van der Waals surface area contributed by atoms with Crippen molar-refractivity contribution in [3.8, 4) is 0 Å². The maximum atomic E-state index is 6.02. The number of nitrogens with one attached hydrogen (secondary N) is 1. The lowest BCUT2D eigenvalue weighted by atomic mass is 9.95. The number of aryl methyl sites for hydroxylation is 1. The Bertz CT molecular complexity index is 433. The van der Waals surface area contributed by atoms with Crippen LogP contribution in [-0.4, -0.2) is 40.6 Å².